The molecule has 0 amide bonds. The summed E-state index contributed by atoms with van der Waals surface area (Å²) in [5, 5.41) is 3.30. The van der Waals surface area contributed by atoms with Gasteiger partial charge in [0.2, 0.25) is 0 Å². The monoisotopic (exact) mass is 167 g/mol. The minimum atomic E-state index is 0.157. The Kier molecular flexibility index (Phi) is 2.45. The third kappa shape index (κ3) is 1.53. The summed E-state index contributed by atoms with van der Waals surface area (Å²) in [5.41, 5.74) is 0. The highest BCUT2D eigenvalue weighted by molar-refractivity contribution is 5.57. The summed E-state index contributed by atoms with van der Waals surface area (Å²) >= 11 is 0. The number of aldehydes is 1. The Hall–Kier alpha value is -0.370. The van der Waals surface area contributed by atoms with E-state index < -0.39 is 0 Å². The third-order valence-corrected chi connectivity index (χ3v) is 3.43. The lowest BCUT2D eigenvalue weighted by molar-refractivity contribution is -0.110. The zero-order valence-electron chi connectivity index (χ0n) is 7.46. The topological polar surface area (TPSA) is 29.1 Å². The highest BCUT2D eigenvalue weighted by atomic mass is 16.1. The Morgan fingerprint density at radius 2 is 1.92 bits per heavy atom. The van der Waals surface area contributed by atoms with Crippen molar-refractivity contribution in [3.05, 3.63) is 0 Å². The maximum Gasteiger partial charge on any atom is 0.136 e. The summed E-state index contributed by atoms with van der Waals surface area (Å²) in [4.78, 5) is 10.6. The Morgan fingerprint density at radius 3 is 2.67 bits per heavy atom. The molecule has 2 heteroatoms. The molecule has 0 aromatic carbocycles. The van der Waals surface area contributed by atoms with Crippen molar-refractivity contribution in [1.82, 2.24) is 5.32 Å². The van der Waals surface area contributed by atoms with Gasteiger partial charge in [-0.25, -0.2) is 0 Å². The second-order valence-corrected chi connectivity index (χ2v) is 4.19. The average molecular weight is 167 g/mol. The van der Waals surface area contributed by atoms with Gasteiger partial charge in [0.15, 0.2) is 0 Å². The molecule has 0 bridgehead atoms. The first-order valence-corrected chi connectivity index (χ1v) is 5.09. The van der Waals surface area contributed by atoms with Crippen molar-refractivity contribution in [2.75, 3.05) is 6.54 Å². The maximum atomic E-state index is 10.6. The van der Waals surface area contributed by atoms with Crippen LogP contribution in [0, 0.1) is 11.8 Å². The van der Waals surface area contributed by atoms with E-state index in [1.807, 2.05) is 0 Å². The van der Waals surface area contributed by atoms with Crippen molar-refractivity contribution in [3.63, 3.8) is 0 Å². The molecule has 1 saturated carbocycles. The van der Waals surface area contributed by atoms with Crippen molar-refractivity contribution in [2.45, 2.75) is 38.1 Å². The maximum absolute atomic E-state index is 10.6. The van der Waals surface area contributed by atoms with Crippen LogP contribution in [0.25, 0.3) is 0 Å². The second kappa shape index (κ2) is 3.56. The number of carbonyl (C=O) groups excluding carboxylic acids is 1. The second-order valence-electron chi connectivity index (χ2n) is 4.19. The largest absolute Gasteiger partial charge is 0.307 e. The summed E-state index contributed by atoms with van der Waals surface area (Å²) in [6, 6.07) is 0.157. The lowest BCUT2D eigenvalue weighted by Gasteiger charge is -2.38. The zero-order valence-corrected chi connectivity index (χ0v) is 7.46. The van der Waals surface area contributed by atoms with E-state index in [2.05, 4.69) is 5.32 Å². The Morgan fingerprint density at radius 1 is 1.17 bits per heavy atom. The molecule has 0 spiro atoms. The van der Waals surface area contributed by atoms with Crippen LogP contribution in [0.5, 0.6) is 0 Å². The molecule has 2 fully saturated rings. The van der Waals surface area contributed by atoms with Gasteiger partial charge in [0.05, 0.1) is 6.04 Å². The van der Waals surface area contributed by atoms with Crippen molar-refractivity contribution in [1.29, 1.82) is 0 Å². The van der Waals surface area contributed by atoms with E-state index in [1.54, 1.807) is 0 Å². The van der Waals surface area contributed by atoms with E-state index in [-0.39, 0.29) is 6.04 Å². The predicted molar refractivity (Wildman–Crippen MR) is 47.9 cm³/mol. The first-order chi connectivity index (χ1) is 5.90. The number of hydrogen-bond acceptors (Lipinski definition) is 2. The highest BCUT2D eigenvalue weighted by Gasteiger charge is 2.31. The standard InChI is InChI=1S/C10H17NO/c12-7-10-5-8-3-1-2-4-9(8)6-11-10/h7-11H,1-6H2. The van der Waals surface area contributed by atoms with Crippen LogP contribution in [-0.2, 0) is 4.79 Å². The zero-order chi connectivity index (χ0) is 8.39. The average Bonchev–Trinajstić information content (AvgIpc) is 2.17. The van der Waals surface area contributed by atoms with Gasteiger partial charge in [-0.3, -0.25) is 0 Å². The molecule has 3 atom stereocenters. The van der Waals surface area contributed by atoms with Gasteiger partial charge >= 0.3 is 0 Å². The summed E-state index contributed by atoms with van der Waals surface area (Å²) in [7, 11) is 0. The molecule has 1 aliphatic carbocycles. The van der Waals surface area contributed by atoms with Crippen molar-refractivity contribution in [3.8, 4) is 0 Å². The van der Waals surface area contributed by atoms with E-state index in [0.29, 0.717) is 0 Å². The van der Waals surface area contributed by atoms with Crippen molar-refractivity contribution < 1.29 is 4.79 Å². The van der Waals surface area contributed by atoms with Gasteiger partial charge in [0.25, 0.3) is 0 Å². The fourth-order valence-corrected chi connectivity index (χ4v) is 2.68. The number of carbonyl (C=O) groups is 1. The molecule has 12 heavy (non-hydrogen) atoms. The van der Waals surface area contributed by atoms with Gasteiger partial charge in [0.1, 0.15) is 6.29 Å². The Balaban J connectivity index is 1.93. The summed E-state index contributed by atoms with van der Waals surface area (Å²) in [5.74, 6) is 1.71. The van der Waals surface area contributed by atoms with Crippen LogP contribution < -0.4 is 5.32 Å². The Labute approximate surface area is 73.7 Å². The van der Waals surface area contributed by atoms with Crippen LogP contribution in [0.2, 0.25) is 0 Å². The fourth-order valence-electron chi connectivity index (χ4n) is 2.68. The molecule has 0 radical (unpaired) electrons. The van der Waals surface area contributed by atoms with Crippen LogP contribution >= 0.6 is 0 Å². The predicted octanol–water partition coefficient (Wildman–Crippen LogP) is 1.35. The van der Waals surface area contributed by atoms with Gasteiger partial charge in [-0.05, 0) is 31.2 Å². The highest BCUT2D eigenvalue weighted by Crippen LogP contribution is 2.34. The normalized spacial score (nSPS) is 41.8. The molecular formula is C10H17NO. The SMILES string of the molecule is O=CC1CC2CCCCC2CN1. The van der Waals surface area contributed by atoms with Gasteiger partial charge in [-0.15, -0.1) is 0 Å². The molecule has 0 aromatic rings. The quantitative estimate of drug-likeness (QED) is 0.597. The molecule has 1 aliphatic heterocycles. The van der Waals surface area contributed by atoms with Crippen LogP contribution in [0.4, 0.5) is 0 Å². The number of piperidine rings is 1. The van der Waals surface area contributed by atoms with Gasteiger partial charge in [0, 0.05) is 0 Å². The van der Waals surface area contributed by atoms with E-state index in [0.717, 1.165) is 31.1 Å². The molecule has 0 aromatic heterocycles. The van der Waals surface area contributed by atoms with Gasteiger partial charge < -0.3 is 10.1 Å². The molecule has 1 N–H and O–H groups in total. The Bertz CT molecular complexity index is 169. The van der Waals surface area contributed by atoms with E-state index in [4.69, 9.17) is 0 Å². The van der Waals surface area contributed by atoms with Crippen LogP contribution in [0.1, 0.15) is 32.1 Å². The summed E-state index contributed by atoms with van der Waals surface area (Å²) in [6.07, 6.45) is 7.68. The van der Waals surface area contributed by atoms with Crippen LogP contribution in [0.15, 0.2) is 0 Å². The molecule has 3 unspecified atom stereocenters. The lowest BCUT2D eigenvalue weighted by Crippen LogP contribution is -2.45. The van der Waals surface area contributed by atoms with E-state index in [1.165, 1.54) is 25.7 Å². The minimum Gasteiger partial charge on any atom is -0.307 e. The first kappa shape index (κ1) is 8.24. The third-order valence-electron chi connectivity index (χ3n) is 3.43. The fraction of sp³-hybridized carbons (Fsp3) is 0.900. The van der Waals surface area contributed by atoms with Crippen molar-refractivity contribution >= 4 is 6.29 Å². The molecule has 68 valence electrons. The molecule has 2 rings (SSSR count). The summed E-state index contributed by atoms with van der Waals surface area (Å²) in [6.45, 7) is 1.08. The van der Waals surface area contributed by atoms with Gasteiger partial charge in [-0.1, -0.05) is 19.3 Å². The van der Waals surface area contributed by atoms with Crippen molar-refractivity contribution in [2.24, 2.45) is 11.8 Å². The molecule has 2 aliphatic rings. The molecule has 1 heterocycles. The number of fused-ring (bicyclic) bond motifs is 1. The number of rotatable bonds is 1. The first-order valence-electron chi connectivity index (χ1n) is 5.09. The smallest absolute Gasteiger partial charge is 0.136 e. The molecule has 1 saturated heterocycles. The number of hydrogen-bond donors (Lipinski definition) is 1. The van der Waals surface area contributed by atoms with Crippen LogP contribution in [0.3, 0.4) is 0 Å². The van der Waals surface area contributed by atoms with Crippen LogP contribution in [-0.4, -0.2) is 18.9 Å². The summed E-state index contributed by atoms with van der Waals surface area (Å²) < 4.78 is 0. The molecule has 2 nitrogen and oxygen atoms in total. The van der Waals surface area contributed by atoms with E-state index >= 15 is 0 Å². The number of nitrogens with one attached hydrogen (secondary N) is 1. The lowest BCUT2D eigenvalue weighted by atomic mass is 9.74. The van der Waals surface area contributed by atoms with Gasteiger partial charge in [-0.2, -0.15) is 0 Å². The molecular weight excluding hydrogens is 150 g/mol. The van der Waals surface area contributed by atoms with E-state index in [9.17, 15) is 4.79 Å². The minimum absolute atomic E-state index is 0.157.